The van der Waals surface area contributed by atoms with Crippen LogP contribution in [0.15, 0.2) is 47.5 Å². The van der Waals surface area contributed by atoms with Gasteiger partial charge in [0.2, 0.25) is 10.0 Å². The zero-order valence-corrected chi connectivity index (χ0v) is 17.6. The molecule has 2 aliphatic heterocycles. The lowest BCUT2D eigenvalue weighted by molar-refractivity contribution is 0.346. The molecule has 0 spiro atoms. The first-order chi connectivity index (χ1) is 14.1. The Bertz CT molecular complexity index is 919. The molecule has 0 radical (unpaired) electrons. The Morgan fingerprint density at radius 3 is 2.28 bits per heavy atom. The molecule has 2 aromatic rings. The van der Waals surface area contributed by atoms with E-state index in [4.69, 9.17) is 4.74 Å². The van der Waals surface area contributed by atoms with Gasteiger partial charge in [-0.25, -0.2) is 13.4 Å². The molecule has 0 bridgehead atoms. The van der Waals surface area contributed by atoms with Gasteiger partial charge in [-0.05, 0) is 37.1 Å². The minimum absolute atomic E-state index is 0.290. The molecule has 0 atom stereocenters. The third-order valence-electron chi connectivity index (χ3n) is 5.70. The number of hydrogen-bond donors (Lipinski definition) is 0. The highest BCUT2D eigenvalue weighted by molar-refractivity contribution is 7.89. The zero-order chi connectivity index (χ0) is 20.3. The van der Waals surface area contributed by atoms with E-state index < -0.39 is 10.0 Å². The maximum absolute atomic E-state index is 12.8. The smallest absolute Gasteiger partial charge is 0.244 e. The largest absolute Gasteiger partial charge is 0.497 e. The van der Waals surface area contributed by atoms with Crippen LogP contribution in [0.2, 0.25) is 0 Å². The Labute approximate surface area is 172 Å². The van der Waals surface area contributed by atoms with E-state index in [1.165, 1.54) is 6.20 Å². The molecular weight excluding hydrogens is 388 g/mol. The third kappa shape index (κ3) is 4.33. The topological polar surface area (TPSA) is 66.0 Å². The molecule has 156 valence electrons. The summed E-state index contributed by atoms with van der Waals surface area (Å²) in [6.07, 6.45) is 4.48. The monoisotopic (exact) mass is 416 g/mol. The highest BCUT2D eigenvalue weighted by Crippen LogP contribution is 2.25. The number of sulfonamides is 1. The number of piperidine rings is 1. The fraction of sp³-hybridized carbons (Fsp3) is 0.476. The fourth-order valence-electron chi connectivity index (χ4n) is 3.97. The Morgan fingerprint density at radius 1 is 0.897 bits per heavy atom. The second-order valence-electron chi connectivity index (χ2n) is 7.49. The van der Waals surface area contributed by atoms with Crippen LogP contribution in [0.1, 0.15) is 19.3 Å². The first kappa shape index (κ1) is 20.0. The van der Waals surface area contributed by atoms with E-state index in [1.807, 2.05) is 24.3 Å². The van der Waals surface area contributed by atoms with Crippen molar-refractivity contribution in [1.29, 1.82) is 0 Å². The molecule has 4 rings (SSSR count). The van der Waals surface area contributed by atoms with Crippen LogP contribution in [0.5, 0.6) is 5.75 Å². The summed E-state index contributed by atoms with van der Waals surface area (Å²) in [4.78, 5) is 9.29. The number of piperazine rings is 1. The van der Waals surface area contributed by atoms with Gasteiger partial charge in [-0.2, -0.15) is 4.31 Å². The second-order valence-corrected chi connectivity index (χ2v) is 9.43. The lowest BCUT2D eigenvalue weighted by atomic mass is 10.2. The van der Waals surface area contributed by atoms with E-state index >= 15 is 0 Å². The number of methoxy groups -OCH3 is 1. The Kier molecular flexibility index (Phi) is 5.91. The van der Waals surface area contributed by atoms with Crippen molar-refractivity contribution < 1.29 is 13.2 Å². The Balaban J connectivity index is 1.40. The number of pyridine rings is 1. The third-order valence-corrected chi connectivity index (χ3v) is 7.58. The molecule has 0 aliphatic carbocycles. The predicted molar refractivity (Wildman–Crippen MR) is 114 cm³/mol. The summed E-state index contributed by atoms with van der Waals surface area (Å²) < 4.78 is 32.5. The van der Waals surface area contributed by atoms with Crippen molar-refractivity contribution in [2.75, 3.05) is 56.2 Å². The number of hydrogen-bond acceptors (Lipinski definition) is 6. The maximum Gasteiger partial charge on any atom is 0.244 e. The van der Waals surface area contributed by atoms with Crippen molar-refractivity contribution in [1.82, 2.24) is 9.29 Å². The van der Waals surface area contributed by atoms with Crippen molar-refractivity contribution >= 4 is 21.5 Å². The van der Waals surface area contributed by atoms with Crippen LogP contribution >= 0.6 is 0 Å². The van der Waals surface area contributed by atoms with Gasteiger partial charge in [-0.3, -0.25) is 0 Å². The van der Waals surface area contributed by atoms with Gasteiger partial charge in [-0.15, -0.1) is 0 Å². The number of benzene rings is 1. The zero-order valence-electron chi connectivity index (χ0n) is 16.8. The fourth-order valence-corrected chi connectivity index (χ4v) is 5.43. The van der Waals surface area contributed by atoms with Gasteiger partial charge in [0.1, 0.15) is 16.5 Å². The van der Waals surface area contributed by atoms with Crippen molar-refractivity contribution in [3.8, 4) is 5.75 Å². The van der Waals surface area contributed by atoms with Gasteiger partial charge in [0.05, 0.1) is 7.11 Å². The Hall–Kier alpha value is -2.32. The molecular formula is C21H28N4O3S. The van der Waals surface area contributed by atoms with Gasteiger partial charge < -0.3 is 14.5 Å². The quantitative estimate of drug-likeness (QED) is 0.747. The molecule has 1 aromatic heterocycles. The van der Waals surface area contributed by atoms with Gasteiger partial charge in [0.25, 0.3) is 0 Å². The van der Waals surface area contributed by atoms with Crippen molar-refractivity contribution in [2.45, 2.75) is 24.2 Å². The molecule has 2 saturated heterocycles. The molecule has 0 N–H and O–H groups in total. The molecule has 2 fully saturated rings. The minimum Gasteiger partial charge on any atom is -0.497 e. The van der Waals surface area contributed by atoms with Gasteiger partial charge in [0, 0.05) is 57.2 Å². The van der Waals surface area contributed by atoms with Crippen LogP contribution in [0.3, 0.4) is 0 Å². The summed E-state index contributed by atoms with van der Waals surface area (Å²) in [7, 11) is -1.75. The normalized spacial score (nSPS) is 18.7. The van der Waals surface area contributed by atoms with E-state index in [2.05, 4.69) is 20.9 Å². The molecule has 1 aromatic carbocycles. The number of aromatic nitrogens is 1. The van der Waals surface area contributed by atoms with Gasteiger partial charge in [-0.1, -0.05) is 12.5 Å². The second kappa shape index (κ2) is 8.59. The molecule has 7 nitrogen and oxygen atoms in total. The molecule has 0 unspecified atom stereocenters. The van der Waals surface area contributed by atoms with Crippen LogP contribution < -0.4 is 14.5 Å². The number of ether oxygens (including phenoxy) is 1. The maximum atomic E-state index is 12.8. The summed E-state index contributed by atoms with van der Waals surface area (Å²) in [5.41, 5.74) is 1.15. The molecule has 2 aliphatic rings. The lowest BCUT2D eigenvalue weighted by Crippen LogP contribution is -2.46. The van der Waals surface area contributed by atoms with Gasteiger partial charge in [0.15, 0.2) is 0 Å². The average molecular weight is 417 g/mol. The SMILES string of the molecule is COc1cccc(N2CCN(c3ccc(S(=O)(=O)N4CCCCC4)cn3)CC2)c1. The average Bonchev–Trinajstić information content (AvgIpc) is 2.80. The van der Waals surface area contributed by atoms with Crippen LogP contribution in [-0.4, -0.2) is 64.1 Å². The van der Waals surface area contributed by atoms with E-state index in [-0.39, 0.29) is 4.90 Å². The lowest BCUT2D eigenvalue weighted by Gasteiger charge is -2.36. The molecule has 3 heterocycles. The van der Waals surface area contributed by atoms with Crippen LogP contribution in [-0.2, 0) is 10.0 Å². The number of rotatable bonds is 5. The van der Waals surface area contributed by atoms with Crippen molar-refractivity contribution in [3.05, 3.63) is 42.6 Å². The summed E-state index contributed by atoms with van der Waals surface area (Å²) in [5.74, 6) is 1.69. The molecule has 29 heavy (non-hydrogen) atoms. The van der Waals surface area contributed by atoms with Crippen LogP contribution in [0, 0.1) is 0 Å². The molecule has 8 heteroatoms. The molecule has 0 amide bonds. The number of nitrogens with zero attached hydrogens (tertiary/aromatic N) is 4. The summed E-state index contributed by atoms with van der Waals surface area (Å²) >= 11 is 0. The van der Waals surface area contributed by atoms with Crippen LogP contribution in [0.4, 0.5) is 11.5 Å². The summed E-state index contributed by atoms with van der Waals surface area (Å²) in [6.45, 7) is 4.64. The first-order valence-electron chi connectivity index (χ1n) is 10.2. The highest BCUT2D eigenvalue weighted by Gasteiger charge is 2.26. The van der Waals surface area contributed by atoms with Crippen LogP contribution in [0.25, 0.3) is 0 Å². The standard InChI is InChI=1S/C21H28N4O3S/c1-28-19-7-5-6-18(16-19)23-12-14-24(15-13-23)21-9-8-20(17-22-21)29(26,27)25-10-3-2-4-11-25/h5-9,16-17H,2-4,10-15H2,1H3. The highest BCUT2D eigenvalue weighted by atomic mass is 32.2. The summed E-state index contributed by atoms with van der Waals surface area (Å²) in [5, 5.41) is 0. The minimum atomic E-state index is -3.43. The van der Waals surface area contributed by atoms with Gasteiger partial charge >= 0.3 is 0 Å². The summed E-state index contributed by atoms with van der Waals surface area (Å²) in [6, 6.07) is 11.6. The van der Waals surface area contributed by atoms with Crippen molar-refractivity contribution in [2.24, 2.45) is 0 Å². The van der Waals surface area contributed by atoms with E-state index in [0.29, 0.717) is 13.1 Å². The van der Waals surface area contributed by atoms with Crippen molar-refractivity contribution in [3.63, 3.8) is 0 Å². The van der Waals surface area contributed by atoms with E-state index in [9.17, 15) is 8.42 Å². The molecule has 0 saturated carbocycles. The first-order valence-corrected chi connectivity index (χ1v) is 11.6. The van der Waals surface area contributed by atoms with E-state index in [1.54, 1.807) is 17.5 Å². The number of anilines is 2. The van der Waals surface area contributed by atoms with E-state index in [0.717, 1.165) is 62.7 Å². The Morgan fingerprint density at radius 2 is 1.62 bits per heavy atom. The predicted octanol–water partition coefficient (Wildman–Crippen LogP) is 2.59.